The average Bonchev–Trinajstić information content (AvgIpc) is 2.77. The van der Waals surface area contributed by atoms with E-state index in [1.54, 1.807) is 0 Å². The summed E-state index contributed by atoms with van der Waals surface area (Å²) in [6, 6.07) is 8.08. The third-order valence-corrected chi connectivity index (χ3v) is 2.74. The van der Waals surface area contributed by atoms with Gasteiger partial charge in [-0.3, -0.25) is 4.57 Å². The van der Waals surface area contributed by atoms with Crippen molar-refractivity contribution < 1.29 is 5.11 Å². The molecule has 88 valence electrons. The fraction of sp³-hybridized carbons (Fsp3) is 0.154. The number of rotatable bonds is 4. The van der Waals surface area contributed by atoms with E-state index < -0.39 is 0 Å². The highest BCUT2D eigenvalue weighted by molar-refractivity contribution is 7.71. The Morgan fingerprint density at radius 3 is 2.65 bits per heavy atom. The van der Waals surface area contributed by atoms with E-state index in [1.807, 2.05) is 53.4 Å². The van der Waals surface area contributed by atoms with Crippen molar-refractivity contribution in [3.8, 4) is 5.69 Å². The zero-order valence-electron chi connectivity index (χ0n) is 9.34. The van der Waals surface area contributed by atoms with Crippen LogP contribution >= 0.6 is 12.2 Å². The second kappa shape index (κ2) is 5.61. The number of benzene rings is 1. The van der Waals surface area contributed by atoms with Crippen molar-refractivity contribution in [2.24, 2.45) is 0 Å². The van der Waals surface area contributed by atoms with Gasteiger partial charge in [-0.05, 0) is 36.3 Å². The second-order valence-corrected chi connectivity index (χ2v) is 4.03. The van der Waals surface area contributed by atoms with Gasteiger partial charge in [-0.15, -0.1) is 0 Å². The molecule has 0 atom stereocenters. The van der Waals surface area contributed by atoms with E-state index in [0.29, 0.717) is 11.2 Å². The van der Waals surface area contributed by atoms with Crippen molar-refractivity contribution in [3.05, 3.63) is 53.1 Å². The van der Waals surface area contributed by atoms with Crippen LogP contribution in [0.5, 0.6) is 0 Å². The summed E-state index contributed by atoms with van der Waals surface area (Å²) in [5.74, 6) is 0. The zero-order chi connectivity index (χ0) is 12.1. The summed E-state index contributed by atoms with van der Waals surface area (Å²) in [4.78, 5) is 2.96. The Bertz CT molecular complexity index is 551. The number of aromatic nitrogens is 2. The van der Waals surface area contributed by atoms with Crippen LogP contribution in [0.4, 0.5) is 0 Å². The van der Waals surface area contributed by atoms with Crippen LogP contribution in [0.25, 0.3) is 11.8 Å². The van der Waals surface area contributed by atoms with Gasteiger partial charge < -0.3 is 10.1 Å². The third-order valence-electron chi connectivity index (χ3n) is 2.43. The van der Waals surface area contributed by atoms with E-state index in [4.69, 9.17) is 17.3 Å². The number of aromatic amines is 1. The Balaban J connectivity index is 2.19. The molecule has 1 aromatic carbocycles. The minimum Gasteiger partial charge on any atom is -0.396 e. The molecule has 2 rings (SSSR count). The molecule has 0 aliphatic rings. The minimum atomic E-state index is 0.188. The highest BCUT2D eigenvalue weighted by atomic mass is 32.1. The van der Waals surface area contributed by atoms with Crippen molar-refractivity contribution in [2.75, 3.05) is 6.61 Å². The van der Waals surface area contributed by atoms with Gasteiger partial charge in [0.15, 0.2) is 4.77 Å². The topological polar surface area (TPSA) is 41.0 Å². The molecule has 0 aliphatic heterocycles. The van der Waals surface area contributed by atoms with Crippen LogP contribution in [0.2, 0.25) is 0 Å². The lowest BCUT2D eigenvalue weighted by Crippen LogP contribution is -1.91. The number of nitrogens with zero attached hydrogens (tertiary/aromatic N) is 1. The van der Waals surface area contributed by atoms with Gasteiger partial charge >= 0.3 is 0 Å². The molecule has 0 fully saturated rings. The fourth-order valence-electron chi connectivity index (χ4n) is 1.56. The van der Waals surface area contributed by atoms with E-state index in [0.717, 1.165) is 11.3 Å². The van der Waals surface area contributed by atoms with Gasteiger partial charge in [0.1, 0.15) is 0 Å². The zero-order valence-corrected chi connectivity index (χ0v) is 10.2. The molecule has 0 saturated carbocycles. The van der Waals surface area contributed by atoms with Crippen molar-refractivity contribution in [2.45, 2.75) is 6.42 Å². The van der Waals surface area contributed by atoms with Gasteiger partial charge in [-0.25, -0.2) is 0 Å². The summed E-state index contributed by atoms with van der Waals surface area (Å²) in [7, 11) is 0. The molecule has 0 spiro atoms. The Morgan fingerprint density at radius 1 is 1.29 bits per heavy atom. The highest BCUT2D eigenvalue weighted by Crippen LogP contribution is 2.11. The van der Waals surface area contributed by atoms with Gasteiger partial charge in [0.25, 0.3) is 0 Å². The molecule has 0 radical (unpaired) electrons. The van der Waals surface area contributed by atoms with E-state index in [2.05, 4.69) is 4.98 Å². The van der Waals surface area contributed by atoms with Crippen LogP contribution in [-0.2, 0) is 0 Å². The molecule has 1 heterocycles. The number of hydrogen-bond donors (Lipinski definition) is 2. The van der Waals surface area contributed by atoms with E-state index in [1.165, 1.54) is 0 Å². The maximum absolute atomic E-state index is 8.67. The second-order valence-electron chi connectivity index (χ2n) is 3.64. The minimum absolute atomic E-state index is 0.188. The highest BCUT2D eigenvalue weighted by Gasteiger charge is 1.96. The van der Waals surface area contributed by atoms with E-state index in [-0.39, 0.29) is 6.61 Å². The molecule has 4 heteroatoms. The Hall–Kier alpha value is -1.65. The van der Waals surface area contributed by atoms with Gasteiger partial charge in [0, 0.05) is 24.7 Å². The Morgan fingerprint density at radius 2 is 2.06 bits per heavy atom. The van der Waals surface area contributed by atoms with Crippen molar-refractivity contribution in [1.82, 2.24) is 9.55 Å². The average molecular weight is 246 g/mol. The normalized spacial score (nSPS) is 11.1. The predicted molar refractivity (Wildman–Crippen MR) is 71.7 cm³/mol. The molecular weight excluding hydrogens is 232 g/mol. The maximum Gasteiger partial charge on any atom is 0.181 e. The molecule has 1 aromatic heterocycles. The number of aliphatic hydroxyl groups is 1. The lowest BCUT2D eigenvalue weighted by Gasteiger charge is -2.02. The fourth-order valence-corrected chi connectivity index (χ4v) is 1.80. The molecule has 2 aromatic rings. The lowest BCUT2D eigenvalue weighted by molar-refractivity contribution is 0.303. The number of nitrogens with one attached hydrogen (secondary N) is 1. The SMILES string of the molecule is OCCC=Cc1ccc(-n2cc[nH]c2=S)cc1. The van der Waals surface area contributed by atoms with Crippen LogP contribution in [-0.4, -0.2) is 21.3 Å². The molecule has 0 unspecified atom stereocenters. The lowest BCUT2D eigenvalue weighted by atomic mass is 10.2. The summed E-state index contributed by atoms with van der Waals surface area (Å²) in [6.07, 6.45) is 8.36. The molecule has 3 nitrogen and oxygen atoms in total. The smallest absolute Gasteiger partial charge is 0.181 e. The first-order valence-electron chi connectivity index (χ1n) is 5.45. The molecule has 0 amide bonds. The number of hydrogen-bond acceptors (Lipinski definition) is 2. The van der Waals surface area contributed by atoms with Crippen molar-refractivity contribution in [3.63, 3.8) is 0 Å². The van der Waals surface area contributed by atoms with Crippen LogP contribution in [0.1, 0.15) is 12.0 Å². The Labute approximate surface area is 105 Å². The predicted octanol–water partition coefficient (Wildman–Crippen LogP) is 2.93. The van der Waals surface area contributed by atoms with Crippen molar-refractivity contribution in [1.29, 1.82) is 0 Å². The van der Waals surface area contributed by atoms with Gasteiger partial charge in [0.2, 0.25) is 0 Å². The summed E-state index contributed by atoms with van der Waals surface area (Å²) in [5.41, 5.74) is 2.15. The monoisotopic (exact) mass is 246 g/mol. The maximum atomic E-state index is 8.67. The molecule has 0 aliphatic carbocycles. The molecule has 0 bridgehead atoms. The van der Waals surface area contributed by atoms with Gasteiger partial charge in [-0.1, -0.05) is 24.3 Å². The molecule has 2 N–H and O–H groups in total. The first kappa shape index (κ1) is 11.8. The quantitative estimate of drug-likeness (QED) is 0.814. The number of H-pyrrole nitrogens is 1. The first-order chi connectivity index (χ1) is 8.31. The van der Waals surface area contributed by atoms with E-state index in [9.17, 15) is 0 Å². The van der Waals surface area contributed by atoms with Crippen molar-refractivity contribution >= 4 is 18.3 Å². The number of aliphatic hydroxyl groups excluding tert-OH is 1. The largest absolute Gasteiger partial charge is 0.396 e. The molecular formula is C13H14N2OS. The number of imidazole rings is 1. The van der Waals surface area contributed by atoms with Crippen LogP contribution in [0.15, 0.2) is 42.7 Å². The van der Waals surface area contributed by atoms with Gasteiger partial charge in [-0.2, -0.15) is 0 Å². The van der Waals surface area contributed by atoms with Crippen LogP contribution < -0.4 is 0 Å². The van der Waals surface area contributed by atoms with Crippen LogP contribution in [0.3, 0.4) is 0 Å². The van der Waals surface area contributed by atoms with Gasteiger partial charge in [0.05, 0.1) is 0 Å². The summed E-state index contributed by atoms with van der Waals surface area (Å²) < 4.78 is 2.60. The standard InChI is InChI=1S/C13H14N2OS/c16-10-2-1-3-11-4-6-12(7-5-11)15-9-8-14-13(15)17/h1,3-9,16H,2,10H2,(H,14,17). The summed E-state index contributed by atoms with van der Waals surface area (Å²) >= 11 is 5.15. The van der Waals surface area contributed by atoms with Crippen LogP contribution in [0, 0.1) is 4.77 Å². The first-order valence-corrected chi connectivity index (χ1v) is 5.86. The Kier molecular flexibility index (Phi) is 3.90. The summed E-state index contributed by atoms with van der Waals surface area (Å²) in [6.45, 7) is 0.188. The molecule has 0 saturated heterocycles. The molecule has 17 heavy (non-hydrogen) atoms. The third kappa shape index (κ3) is 2.93. The van der Waals surface area contributed by atoms with E-state index >= 15 is 0 Å². The summed E-state index contributed by atoms with van der Waals surface area (Å²) in [5, 5.41) is 8.67.